The minimum absolute atomic E-state index is 0.0252. The van der Waals surface area contributed by atoms with Gasteiger partial charge in [0.15, 0.2) is 0 Å². The van der Waals surface area contributed by atoms with Crippen LogP contribution in [0.5, 0.6) is 0 Å². The fourth-order valence-electron chi connectivity index (χ4n) is 1.50. The van der Waals surface area contributed by atoms with Crippen molar-refractivity contribution in [3.63, 3.8) is 0 Å². The van der Waals surface area contributed by atoms with Gasteiger partial charge in [0.2, 0.25) is 5.91 Å². The summed E-state index contributed by atoms with van der Waals surface area (Å²) in [6.07, 6.45) is 0.471. The predicted octanol–water partition coefficient (Wildman–Crippen LogP) is 3.11. The molecule has 0 saturated heterocycles. The molecule has 1 aromatic carbocycles. The molecule has 0 aliphatic heterocycles. The summed E-state index contributed by atoms with van der Waals surface area (Å²) in [5.74, 6) is 0.248. The molecule has 0 radical (unpaired) electrons. The van der Waals surface area contributed by atoms with Crippen LogP contribution in [-0.4, -0.2) is 17.7 Å². The van der Waals surface area contributed by atoms with Gasteiger partial charge in [0.25, 0.3) is 0 Å². The van der Waals surface area contributed by atoms with E-state index in [0.29, 0.717) is 18.2 Å². The standard InChI is InChI=1S/C14H22N2OS/c1-10(2)18-13-6-4-12(5-7-13)16-14(17)8-11(3)9-15/h4-7,10-11H,8-9,15H2,1-3H3,(H,16,17). The van der Waals surface area contributed by atoms with Gasteiger partial charge in [-0.05, 0) is 36.7 Å². The van der Waals surface area contributed by atoms with E-state index in [1.54, 1.807) is 0 Å². The average Bonchev–Trinajstić information content (AvgIpc) is 2.30. The highest BCUT2D eigenvalue weighted by atomic mass is 32.2. The molecule has 0 spiro atoms. The van der Waals surface area contributed by atoms with Gasteiger partial charge in [0, 0.05) is 22.3 Å². The summed E-state index contributed by atoms with van der Waals surface area (Å²) in [5.41, 5.74) is 6.34. The van der Waals surface area contributed by atoms with E-state index in [4.69, 9.17) is 5.73 Å². The largest absolute Gasteiger partial charge is 0.330 e. The molecule has 4 heteroatoms. The zero-order valence-electron chi connectivity index (χ0n) is 11.3. The van der Waals surface area contributed by atoms with Crippen LogP contribution in [0.1, 0.15) is 27.2 Å². The van der Waals surface area contributed by atoms with Crippen molar-refractivity contribution in [3.8, 4) is 0 Å². The smallest absolute Gasteiger partial charge is 0.224 e. The number of nitrogens with one attached hydrogen (secondary N) is 1. The van der Waals surface area contributed by atoms with E-state index in [1.165, 1.54) is 4.90 Å². The second-order valence-corrected chi connectivity index (χ2v) is 6.43. The summed E-state index contributed by atoms with van der Waals surface area (Å²) in [4.78, 5) is 12.9. The number of carbonyl (C=O) groups excluding carboxylic acids is 1. The van der Waals surface area contributed by atoms with Crippen molar-refractivity contribution in [2.45, 2.75) is 37.3 Å². The number of anilines is 1. The number of nitrogens with two attached hydrogens (primary N) is 1. The Balaban J connectivity index is 2.50. The third-order valence-electron chi connectivity index (χ3n) is 2.45. The minimum Gasteiger partial charge on any atom is -0.330 e. The SMILES string of the molecule is CC(CN)CC(=O)Nc1ccc(SC(C)C)cc1. The fraction of sp³-hybridized carbons (Fsp3) is 0.500. The van der Waals surface area contributed by atoms with Gasteiger partial charge in [0.1, 0.15) is 0 Å². The van der Waals surface area contributed by atoms with Crippen LogP contribution in [0, 0.1) is 5.92 Å². The van der Waals surface area contributed by atoms with E-state index >= 15 is 0 Å². The van der Waals surface area contributed by atoms with Crippen molar-refractivity contribution < 1.29 is 4.79 Å². The Hall–Kier alpha value is -1.00. The molecule has 0 saturated carbocycles. The summed E-state index contributed by atoms with van der Waals surface area (Å²) < 4.78 is 0. The van der Waals surface area contributed by atoms with Gasteiger partial charge in [0.05, 0.1) is 0 Å². The lowest BCUT2D eigenvalue weighted by atomic mass is 10.1. The molecule has 1 rings (SSSR count). The molecule has 0 aliphatic carbocycles. The predicted molar refractivity (Wildman–Crippen MR) is 78.9 cm³/mol. The van der Waals surface area contributed by atoms with Gasteiger partial charge in [-0.15, -0.1) is 11.8 Å². The maximum atomic E-state index is 11.7. The van der Waals surface area contributed by atoms with Crippen LogP contribution < -0.4 is 11.1 Å². The van der Waals surface area contributed by atoms with Crippen molar-refractivity contribution in [2.24, 2.45) is 11.7 Å². The first-order valence-electron chi connectivity index (χ1n) is 6.28. The van der Waals surface area contributed by atoms with E-state index in [9.17, 15) is 4.79 Å². The normalized spacial score (nSPS) is 12.5. The Morgan fingerprint density at radius 3 is 2.39 bits per heavy atom. The van der Waals surface area contributed by atoms with Gasteiger partial charge >= 0.3 is 0 Å². The lowest BCUT2D eigenvalue weighted by Gasteiger charge is -2.10. The van der Waals surface area contributed by atoms with E-state index in [0.717, 1.165) is 5.69 Å². The van der Waals surface area contributed by atoms with Gasteiger partial charge in [-0.25, -0.2) is 0 Å². The summed E-state index contributed by atoms with van der Waals surface area (Å²) in [6.45, 7) is 6.84. The third-order valence-corrected chi connectivity index (χ3v) is 3.46. The molecule has 18 heavy (non-hydrogen) atoms. The number of thioether (sulfide) groups is 1. The lowest BCUT2D eigenvalue weighted by molar-refractivity contribution is -0.116. The summed E-state index contributed by atoms with van der Waals surface area (Å²) in [7, 11) is 0. The van der Waals surface area contributed by atoms with Gasteiger partial charge in [-0.3, -0.25) is 4.79 Å². The van der Waals surface area contributed by atoms with Crippen LogP contribution in [0.3, 0.4) is 0 Å². The zero-order valence-corrected chi connectivity index (χ0v) is 12.1. The van der Waals surface area contributed by atoms with Gasteiger partial charge in [-0.2, -0.15) is 0 Å². The molecule has 1 aromatic rings. The molecular formula is C14H22N2OS. The van der Waals surface area contributed by atoms with Crippen LogP contribution >= 0.6 is 11.8 Å². The van der Waals surface area contributed by atoms with Crippen molar-refractivity contribution in [3.05, 3.63) is 24.3 Å². The highest BCUT2D eigenvalue weighted by Crippen LogP contribution is 2.24. The molecule has 0 fully saturated rings. The first kappa shape index (κ1) is 15.1. The zero-order chi connectivity index (χ0) is 13.5. The average molecular weight is 266 g/mol. The second kappa shape index (κ2) is 7.44. The first-order chi connectivity index (χ1) is 8.51. The van der Waals surface area contributed by atoms with E-state index < -0.39 is 0 Å². The van der Waals surface area contributed by atoms with Crippen molar-refractivity contribution in [1.29, 1.82) is 0 Å². The molecule has 1 atom stereocenters. The Bertz CT molecular complexity index is 376. The molecule has 3 nitrogen and oxygen atoms in total. The second-order valence-electron chi connectivity index (χ2n) is 4.78. The molecule has 1 amide bonds. The first-order valence-corrected chi connectivity index (χ1v) is 7.16. The Kier molecular flexibility index (Phi) is 6.22. The van der Waals surface area contributed by atoms with Crippen LogP contribution in [0.4, 0.5) is 5.69 Å². The van der Waals surface area contributed by atoms with Crippen LogP contribution in [0.2, 0.25) is 0 Å². The molecule has 1 unspecified atom stereocenters. The minimum atomic E-state index is 0.0252. The Labute approximate surface area is 114 Å². The lowest BCUT2D eigenvalue weighted by Crippen LogP contribution is -2.19. The number of hydrogen-bond donors (Lipinski definition) is 2. The van der Waals surface area contributed by atoms with E-state index in [1.807, 2.05) is 43.0 Å². The van der Waals surface area contributed by atoms with Crippen molar-refractivity contribution in [2.75, 3.05) is 11.9 Å². The van der Waals surface area contributed by atoms with Crippen molar-refractivity contribution in [1.82, 2.24) is 0 Å². The summed E-state index contributed by atoms with van der Waals surface area (Å²) in [6, 6.07) is 7.95. The monoisotopic (exact) mass is 266 g/mol. The number of benzene rings is 1. The summed E-state index contributed by atoms with van der Waals surface area (Å²) in [5, 5.41) is 3.45. The topological polar surface area (TPSA) is 55.1 Å². The van der Waals surface area contributed by atoms with E-state index in [-0.39, 0.29) is 11.8 Å². The van der Waals surface area contributed by atoms with Gasteiger partial charge < -0.3 is 11.1 Å². The molecule has 3 N–H and O–H groups in total. The highest BCUT2D eigenvalue weighted by molar-refractivity contribution is 7.99. The van der Waals surface area contributed by atoms with Crippen molar-refractivity contribution >= 4 is 23.4 Å². The molecule has 0 aromatic heterocycles. The maximum Gasteiger partial charge on any atom is 0.224 e. The molecule has 0 aliphatic rings. The molecule has 0 heterocycles. The number of amides is 1. The molecule has 100 valence electrons. The third kappa shape index (κ3) is 5.56. The number of rotatable bonds is 6. The maximum absolute atomic E-state index is 11.7. The number of carbonyl (C=O) groups is 1. The van der Waals surface area contributed by atoms with Crippen LogP contribution in [0.25, 0.3) is 0 Å². The molecular weight excluding hydrogens is 244 g/mol. The van der Waals surface area contributed by atoms with Gasteiger partial charge in [-0.1, -0.05) is 20.8 Å². The van der Waals surface area contributed by atoms with Crippen LogP contribution in [0.15, 0.2) is 29.2 Å². The fourth-order valence-corrected chi connectivity index (χ4v) is 2.34. The number of hydrogen-bond acceptors (Lipinski definition) is 3. The highest BCUT2D eigenvalue weighted by Gasteiger charge is 2.07. The van der Waals surface area contributed by atoms with E-state index in [2.05, 4.69) is 19.2 Å². The molecule has 0 bridgehead atoms. The quantitative estimate of drug-likeness (QED) is 0.778. The van der Waals surface area contributed by atoms with Crippen LogP contribution in [-0.2, 0) is 4.79 Å². The Morgan fingerprint density at radius 1 is 1.28 bits per heavy atom. The summed E-state index contributed by atoms with van der Waals surface area (Å²) >= 11 is 1.81. The Morgan fingerprint density at radius 2 is 1.89 bits per heavy atom.